The lowest BCUT2D eigenvalue weighted by Crippen LogP contribution is -2.13. The van der Waals surface area contributed by atoms with Crippen molar-refractivity contribution in [3.05, 3.63) is 60.2 Å². The van der Waals surface area contributed by atoms with Gasteiger partial charge >= 0.3 is 0 Å². The third-order valence-electron chi connectivity index (χ3n) is 4.59. The second kappa shape index (κ2) is 7.11. The molecule has 0 amide bonds. The number of sulfonamides is 1. The number of hydrogen-bond donors (Lipinski definition) is 1. The minimum absolute atomic E-state index is 0.121. The Bertz CT molecular complexity index is 1080. The van der Waals surface area contributed by atoms with Gasteiger partial charge in [0, 0.05) is 24.2 Å². The number of aromatic nitrogens is 3. The molecule has 140 valence electrons. The number of aryl methyl sites for hydroxylation is 1. The van der Waals surface area contributed by atoms with E-state index in [4.69, 9.17) is 0 Å². The highest BCUT2D eigenvalue weighted by Crippen LogP contribution is 2.26. The summed E-state index contributed by atoms with van der Waals surface area (Å²) in [6, 6.07) is 11.9. The van der Waals surface area contributed by atoms with Crippen molar-refractivity contribution in [2.45, 2.75) is 37.1 Å². The van der Waals surface area contributed by atoms with Crippen LogP contribution in [0.2, 0.25) is 0 Å². The predicted molar refractivity (Wildman–Crippen MR) is 100 cm³/mol. The zero-order valence-corrected chi connectivity index (χ0v) is 15.4. The first-order valence-electron chi connectivity index (χ1n) is 8.84. The molecular formula is C19H19FN4O2S. The summed E-state index contributed by atoms with van der Waals surface area (Å²) >= 11 is 0. The highest BCUT2D eigenvalue weighted by molar-refractivity contribution is 7.92. The molecule has 0 atom stereocenters. The summed E-state index contributed by atoms with van der Waals surface area (Å²) in [5.74, 6) is 1.10. The van der Waals surface area contributed by atoms with Crippen molar-refractivity contribution in [3.63, 3.8) is 0 Å². The van der Waals surface area contributed by atoms with Crippen LogP contribution in [0.5, 0.6) is 0 Å². The van der Waals surface area contributed by atoms with Gasteiger partial charge in [-0.05, 0) is 43.2 Å². The summed E-state index contributed by atoms with van der Waals surface area (Å²) in [4.78, 5) is -0.121. The van der Waals surface area contributed by atoms with Crippen molar-refractivity contribution in [2.24, 2.45) is 0 Å². The van der Waals surface area contributed by atoms with Crippen LogP contribution in [0.3, 0.4) is 0 Å². The van der Waals surface area contributed by atoms with Crippen molar-refractivity contribution in [2.75, 3.05) is 4.72 Å². The Morgan fingerprint density at radius 2 is 1.85 bits per heavy atom. The number of benzene rings is 2. The van der Waals surface area contributed by atoms with Crippen molar-refractivity contribution in [1.82, 2.24) is 14.8 Å². The van der Waals surface area contributed by atoms with E-state index in [0.717, 1.165) is 55.5 Å². The van der Waals surface area contributed by atoms with Gasteiger partial charge in [-0.1, -0.05) is 24.6 Å². The molecule has 2 aromatic carbocycles. The molecule has 0 radical (unpaired) electrons. The van der Waals surface area contributed by atoms with Gasteiger partial charge in [0.2, 0.25) is 0 Å². The van der Waals surface area contributed by atoms with Crippen molar-refractivity contribution in [1.29, 1.82) is 0 Å². The largest absolute Gasteiger partial charge is 0.311 e. The molecule has 3 aromatic rings. The van der Waals surface area contributed by atoms with E-state index < -0.39 is 15.8 Å². The number of nitrogens with one attached hydrogen (secondary N) is 1. The average Bonchev–Trinajstić information content (AvgIpc) is 2.90. The summed E-state index contributed by atoms with van der Waals surface area (Å²) in [6.45, 7) is 0.858. The molecule has 0 unspecified atom stereocenters. The standard InChI is InChI=1S/C19H19FN4O2S/c20-15-7-5-9-17(13-15)27(25,26)23-16-8-4-6-14(12-16)19-22-21-18-10-2-1-3-11-24(18)19/h4-9,12-13,23H,1-3,10-11H2. The highest BCUT2D eigenvalue weighted by atomic mass is 32.2. The van der Waals surface area contributed by atoms with Crippen LogP contribution in [0.25, 0.3) is 11.4 Å². The van der Waals surface area contributed by atoms with Gasteiger partial charge < -0.3 is 4.57 Å². The monoisotopic (exact) mass is 386 g/mol. The molecule has 0 aliphatic carbocycles. The van der Waals surface area contributed by atoms with Gasteiger partial charge in [0.1, 0.15) is 11.6 Å². The van der Waals surface area contributed by atoms with Crippen molar-refractivity contribution >= 4 is 15.7 Å². The minimum atomic E-state index is -3.88. The number of nitrogens with zero attached hydrogens (tertiary/aromatic N) is 3. The maximum absolute atomic E-state index is 13.4. The van der Waals surface area contributed by atoms with Gasteiger partial charge in [0.05, 0.1) is 4.90 Å². The number of rotatable bonds is 4. The summed E-state index contributed by atoms with van der Waals surface area (Å²) < 4.78 is 43.0. The fourth-order valence-corrected chi connectivity index (χ4v) is 4.35. The summed E-state index contributed by atoms with van der Waals surface area (Å²) in [5, 5.41) is 8.59. The third-order valence-corrected chi connectivity index (χ3v) is 5.97. The smallest absolute Gasteiger partial charge is 0.261 e. The zero-order valence-electron chi connectivity index (χ0n) is 14.6. The Morgan fingerprint density at radius 3 is 2.70 bits per heavy atom. The van der Waals surface area contributed by atoms with Crippen LogP contribution >= 0.6 is 0 Å². The predicted octanol–water partition coefficient (Wildman–Crippen LogP) is 3.61. The Balaban J connectivity index is 1.65. The zero-order chi connectivity index (χ0) is 18.9. The molecule has 0 saturated heterocycles. The fraction of sp³-hybridized carbons (Fsp3) is 0.263. The van der Waals surface area contributed by atoms with E-state index in [1.807, 2.05) is 6.07 Å². The molecule has 1 aliphatic rings. The Hall–Kier alpha value is -2.74. The molecule has 1 N–H and O–H groups in total. The van der Waals surface area contributed by atoms with E-state index in [2.05, 4.69) is 19.5 Å². The molecule has 1 aromatic heterocycles. The van der Waals surface area contributed by atoms with E-state index in [-0.39, 0.29) is 4.90 Å². The Morgan fingerprint density at radius 1 is 1.00 bits per heavy atom. The highest BCUT2D eigenvalue weighted by Gasteiger charge is 2.18. The van der Waals surface area contributed by atoms with Crippen molar-refractivity contribution < 1.29 is 12.8 Å². The second-order valence-corrected chi connectivity index (χ2v) is 8.23. The molecule has 0 bridgehead atoms. The maximum atomic E-state index is 13.4. The minimum Gasteiger partial charge on any atom is -0.311 e. The van der Waals surface area contributed by atoms with E-state index in [1.54, 1.807) is 18.2 Å². The lowest BCUT2D eigenvalue weighted by molar-refractivity contribution is 0.595. The Kier molecular flexibility index (Phi) is 4.65. The van der Waals surface area contributed by atoms with Gasteiger partial charge in [-0.2, -0.15) is 0 Å². The molecule has 2 heterocycles. The molecule has 0 saturated carbocycles. The molecule has 1 aliphatic heterocycles. The average molecular weight is 386 g/mol. The molecular weight excluding hydrogens is 367 g/mol. The normalized spacial score (nSPS) is 14.4. The lowest BCUT2D eigenvalue weighted by Gasteiger charge is -2.11. The summed E-state index contributed by atoms with van der Waals surface area (Å²) in [6.07, 6.45) is 4.24. The van der Waals surface area contributed by atoms with Gasteiger partial charge in [-0.15, -0.1) is 10.2 Å². The molecule has 0 spiro atoms. The first kappa shape index (κ1) is 17.7. The van der Waals surface area contributed by atoms with Crippen LogP contribution in [0, 0.1) is 5.82 Å². The maximum Gasteiger partial charge on any atom is 0.261 e. The van der Waals surface area contributed by atoms with Gasteiger partial charge in [0.25, 0.3) is 10.0 Å². The summed E-state index contributed by atoms with van der Waals surface area (Å²) in [7, 11) is -3.88. The van der Waals surface area contributed by atoms with E-state index >= 15 is 0 Å². The quantitative estimate of drug-likeness (QED) is 0.743. The number of halogens is 1. The van der Waals surface area contributed by atoms with Gasteiger partial charge in [0.15, 0.2) is 5.82 Å². The molecule has 6 nitrogen and oxygen atoms in total. The first-order chi connectivity index (χ1) is 13.0. The molecule has 0 fully saturated rings. The third kappa shape index (κ3) is 3.71. The molecule has 4 rings (SSSR count). The SMILES string of the molecule is O=S(=O)(Nc1cccc(-c2nnc3n2CCCCC3)c1)c1cccc(F)c1. The van der Waals surface area contributed by atoms with Gasteiger partial charge in [-0.25, -0.2) is 12.8 Å². The number of anilines is 1. The fourth-order valence-electron chi connectivity index (χ4n) is 3.27. The topological polar surface area (TPSA) is 76.9 Å². The van der Waals surface area contributed by atoms with Crippen LogP contribution in [0.15, 0.2) is 53.4 Å². The first-order valence-corrected chi connectivity index (χ1v) is 10.3. The molecule has 8 heteroatoms. The van der Waals surface area contributed by atoms with Crippen LogP contribution in [0.4, 0.5) is 10.1 Å². The van der Waals surface area contributed by atoms with E-state index in [0.29, 0.717) is 5.69 Å². The van der Waals surface area contributed by atoms with E-state index in [1.165, 1.54) is 18.2 Å². The number of hydrogen-bond acceptors (Lipinski definition) is 4. The number of fused-ring (bicyclic) bond motifs is 1. The molecule has 27 heavy (non-hydrogen) atoms. The van der Waals surface area contributed by atoms with Gasteiger partial charge in [-0.3, -0.25) is 4.72 Å². The lowest BCUT2D eigenvalue weighted by atomic mass is 10.2. The van der Waals surface area contributed by atoms with Crippen LogP contribution in [-0.2, 0) is 23.0 Å². The Labute approximate surface area is 157 Å². The second-order valence-electron chi connectivity index (χ2n) is 6.55. The van der Waals surface area contributed by atoms with Crippen LogP contribution in [-0.4, -0.2) is 23.2 Å². The van der Waals surface area contributed by atoms with Crippen molar-refractivity contribution in [3.8, 4) is 11.4 Å². The van der Waals surface area contributed by atoms with E-state index in [9.17, 15) is 12.8 Å². The van der Waals surface area contributed by atoms with Crippen LogP contribution < -0.4 is 4.72 Å². The van der Waals surface area contributed by atoms with Crippen LogP contribution in [0.1, 0.15) is 25.1 Å². The summed E-state index contributed by atoms with van der Waals surface area (Å²) in [5.41, 5.74) is 1.18.